The van der Waals surface area contributed by atoms with E-state index in [0.29, 0.717) is 11.3 Å². The lowest BCUT2D eigenvalue weighted by atomic mass is 9.95. The molecular weight excluding hydrogens is 393 g/mol. The van der Waals surface area contributed by atoms with Crippen molar-refractivity contribution in [1.29, 1.82) is 0 Å². The van der Waals surface area contributed by atoms with Gasteiger partial charge in [0.1, 0.15) is 17.3 Å². The Morgan fingerprint density at radius 1 is 1.10 bits per heavy atom. The highest BCUT2D eigenvalue weighted by Crippen LogP contribution is 2.40. The molecule has 1 heterocycles. The fourth-order valence-electron chi connectivity index (χ4n) is 3.36. The van der Waals surface area contributed by atoms with Gasteiger partial charge in [0.15, 0.2) is 0 Å². The quantitative estimate of drug-likeness (QED) is 0.297. The first-order chi connectivity index (χ1) is 14.5. The van der Waals surface area contributed by atoms with Crippen molar-refractivity contribution in [1.82, 2.24) is 4.90 Å². The smallest absolute Gasteiger partial charge is 0.295 e. The average Bonchev–Trinajstić information content (AvgIpc) is 3.01. The molecule has 0 radical (unpaired) electrons. The van der Waals surface area contributed by atoms with E-state index in [1.807, 2.05) is 0 Å². The number of methoxy groups -OCH3 is 1. The van der Waals surface area contributed by atoms with Crippen molar-refractivity contribution >= 4 is 17.4 Å². The van der Waals surface area contributed by atoms with Gasteiger partial charge in [-0.1, -0.05) is 18.2 Å². The topological polar surface area (TPSA) is 96.3 Å². The highest BCUT2D eigenvalue weighted by Gasteiger charge is 2.46. The molecule has 2 N–H and O–H groups in total. The summed E-state index contributed by atoms with van der Waals surface area (Å²) in [5.41, 5.74) is 0.193. The predicted molar refractivity (Wildman–Crippen MR) is 106 cm³/mol. The van der Waals surface area contributed by atoms with Crippen LogP contribution in [0.25, 0.3) is 5.76 Å². The van der Waals surface area contributed by atoms with Crippen LogP contribution in [-0.2, 0) is 14.3 Å². The van der Waals surface area contributed by atoms with E-state index in [1.54, 1.807) is 30.3 Å². The van der Waals surface area contributed by atoms with Gasteiger partial charge < -0.3 is 24.6 Å². The Bertz CT molecular complexity index is 956. The van der Waals surface area contributed by atoms with E-state index >= 15 is 0 Å². The molecule has 3 rings (SSSR count). The minimum absolute atomic E-state index is 0.0109. The zero-order valence-electron chi connectivity index (χ0n) is 16.4. The monoisotopic (exact) mass is 415 g/mol. The Labute approximate surface area is 173 Å². The number of halogens is 1. The lowest BCUT2D eigenvalue weighted by molar-refractivity contribution is -0.140. The van der Waals surface area contributed by atoms with Crippen LogP contribution >= 0.6 is 0 Å². The third kappa shape index (κ3) is 4.19. The molecule has 2 aromatic rings. The van der Waals surface area contributed by atoms with Gasteiger partial charge in [-0.15, -0.1) is 0 Å². The Balaban J connectivity index is 2.07. The van der Waals surface area contributed by atoms with Gasteiger partial charge in [0.25, 0.3) is 11.7 Å². The maximum absolute atomic E-state index is 14.6. The van der Waals surface area contributed by atoms with Crippen LogP contribution in [0.4, 0.5) is 4.39 Å². The van der Waals surface area contributed by atoms with Crippen molar-refractivity contribution < 1.29 is 33.7 Å². The number of carbonyl (C=O) groups is 2. The van der Waals surface area contributed by atoms with Gasteiger partial charge in [0, 0.05) is 17.7 Å². The van der Waals surface area contributed by atoms with Crippen molar-refractivity contribution in [3.63, 3.8) is 0 Å². The van der Waals surface area contributed by atoms with E-state index in [0.717, 1.165) is 0 Å². The van der Waals surface area contributed by atoms with Crippen LogP contribution in [-0.4, -0.2) is 60.3 Å². The number of aliphatic hydroxyl groups is 2. The van der Waals surface area contributed by atoms with Gasteiger partial charge in [-0.05, 0) is 30.3 Å². The number of benzene rings is 2. The summed E-state index contributed by atoms with van der Waals surface area (Å²) in [5, 5.41) is 19.7. The molecule has 1 aliphatic rings. The van der Waals surface area contributed by atoms with Gasteiger partial charge in [0.05, 0.1) is 38.5 Å². The minimum Gasteiger partial charge on any atom is -0.507 e. The van der Waals surface area contributed by atoms with Crippen LogP contribution in [0.2, 0.25) is 0 Å². The number of likely N-dealkylation sites (tertiary alicyclic amines) is 1. The van der Waals surface area contributed by atoms with Crippen LogP contribution in [0, 0.1) is 5.82 Å². The molecule has 0 bridgehead atoms. The van der Waals surface area contributed by atoms with E-state index in [2.05, 4.69) is 0 Å². The Morgan fingerprint density at radius 3 is 2.43 bits per heavy atom. The second-order valence-corrected chi connectivity index (χ2v) is 6.58. The van der Waals surface area contributed by atoms with Crippen LogP contribution in [0.5, 0.6) is 5.75 Å². The van der Waals surface area contributed by atoms with Gasteiger partial charge in [-0.25, -0.2) is 4.39 Å². The van der Waals surface area contributed by atoms with Crippen molar-refractivity contribution in [3.05, 3.63) is 71.0 Å². The van der Waals surface area contributed by atoms with E-state index in [9.17, 15) is 19.1 Å². The molecule has 1 unspecified atom stereocenters. The number of rotatable bonds is 8. The first-order valence-electron chi connectivity index (χ1n) is 9.35. The second-order valence-electron chi connectivity index (χ2n) is 6.58. The first-order valence-corrected chi connectivity index (χ1v) is 9.35. The summed E-state index contributed by atoms with van der Waals surface area (Å²) < 4.78 is 24.9. The molecule has 1 saturated heterocycles. The summed E-state index contributed by atoms with van der Waals surface area (Å²) in [6.45, 7) is -0.0861. The van der Waals surface area contributed by atoms with Gasteiger partial charge >= 0.3 is 0 Å². The number of ketones is 1. The summed E-state index contributed by atoms with van der Waals surface area (Å²) in [7, 11) is 1.50. The maximum Gasteiger partial charge on any atom is 0.295 e. The molecule has 0 spiro atoms. The molecule has 1 amide bonds. The SMILES string of the molecule is COc1ccc(/C(O)=C2\C(=O)C(=O)N(CCOCCO)C2c2ccccc2F)cc1. The lowest BCUT2D eigenvalue weighted by Crippen LogP contribution is -2.33. The van der Waals surface area contributed by atoms with Crippen molar-refractivity contribution in [2.75, 3.05) is 33.5 Å². The average molecular weight is 415 g/mol. The Hall–Kier alpha value is -3.23. The maximum atomic E-state index is 14.6. The van der Waals surface area contributed by atoms with Crippen LogP contribution in [0.15, 0.2) is 54.1 Å². The number of carbonyl (C=O) groups excluding carboxylic acids is 2. The van der Waals surface area contributed by atoms with Crippen molar-refractivity contribution in [2.24, 2.45) is 0 Å². The lowest BCUT2D eigenvalue weighted by Gasteiger charge is -2.25. The fourth-order valence-corrected chi connectivity index (χ4v) is 3.36. The summed E-state index contributed by atoms with van der Waals surface area (Å²) >= 11 is 0. The molecule has 2 aromatic carbocycles. The summed E-state index contributed by atoms with van der Waals surface area (Å²) in [4.78, 5) is 26.7. The molecule has 0 saturated carbocycles. The molecule has 8 heteroatoms. The zero-order chi connectivity index (χ0) is 21.7. The van der Waals surface area contributed by atoms with E-state index in [1.165, 1.54) is 30.2 Å². The van der Waals surface area contributed by atoms with Gasteiger partial charge in [0.2, 0.25) is 0 Å². The fraction of sp³-hybridized carbons (Fsp3) is 0.273. The second kappa shape index (κ2) is 9.51. The Kier molecular flexibility index (Phi) is 6.81. The molecule has 0 aliphatic carbocycles. The van der Waals surface area contributed by atoms with Crippen molar-refractivity contribution in [3.8, 4) is 5.75 Å². The number of Topliss-reactive ketones (excluding diaryl/α,β-unsaturated/α-hetero) is 1. The molecule has 1 atom stereocenters. The number of hydrogen-bond donors (Lipinski definition) is 2. The van der Waals surface area contributed by atoms with E-state index in [-0.39, 0.29) is 37.5 Å². The summed E-state index contributed by atoms with van der Waals surface area (Å²) in [6, 6.07) is 11.0. The molecule has 1 aliphatic heterocycles. The Morgan fingerprint density at radius 2 is 1.80 bits per heavy atom. The van der Waals surface area contributed by atoms with Gasteiger partial charge in [-0.2, -0.15) is 0 Å². The molecule has 0 aromatic heterocycles. The van der Waals surface area contributed by atoms with E-state index in [4.69, 9.17) is 14.6 Å². The highest BCUT2D eigenvalue weighted by atomic mass is 19.1. The molecule has 7 nitrogen and oxygen atoms in total. The highest BCUT2D eigenvalue weighted by molar-refractivity contribution is 6.46. The van der Waals surface area contributed by atoms with Gasteiger partial charge in [-0.3, -0.25) is 9.59 Å². The van der Waals surface area contributed by atoms with E-state index < -0.39 is 29.3 Å². The third-order valence-corrected chi connectivity index (χ3v) is 4.82. The van der Waals surface area contributed by atoms with Crippen LogP contribution < -0.4 is 4.74 Å². The molecule has 1 fully saturated rings. The third-order valence-electron chi connectivity index (χ3n) is 4.82. The number of aliphatic hydroxyl groups excluding tert-OH is 2. The number of hydrogen-bond acceptors (Lipinski definition) is 6. The molecule has 158 valence electrons. The normalized spacial score (nSPS) is 18.1. The number of nitrogens with zero attached hydrogens (tertiary/aromatic N) is 1. The van der Waals surface area contributed by atoms with Crippen LogP contribution in [0.1, 0.15) is 17.2 Å². The molecule has 30 heavy (non-hydrogen) atoms. The zero-order valence-corrected chi connectivity index (χ0v) is 16.4. The minimum atomic E-state index is -1.11. The number of amides is 1. The number of ether oxygens (including phenoxy) is 2. The standard InChI is InChI=1S/C22H22FNO6/c1-29-15-8-6-14(7-9-15)20(26)18-19(16-4-2-3-5-17(16)23)24(22(28)21(18)27)10-12-30-13-11-25/h2-9,19,25-26H,10-13H2,1H3/b20-18+. The first kappa shape index (κ1) is 21.5. The predicted octanol–water partition coefficient (Wildman–Crippen LogP) is 2.26. The summed E-state index contributed by atoms with van der Waals surface area (Å²) in [6.07, 6.45) is 0. The molecular formula is C22H22FNO6. The van der Waals surface area contributed by atoms with Crippen LogP contribution in [0.3, 0.4) is 0 Å². The summed E-state index contributed by atoms with van der Waals surface area (Å²) in [5.74, 6) is -2.21. The van der Waals surface area contributed by atoms with Crippen molar-refractivity contribution in [2.45, 2.75) is 6.04 Å². The largest absolute Gasteiger partial charge is 0.507 e.